The number of nitrogens with zero attached hydrogens (tertiary/aromatic N) is 1. The lowest BCUT2D eigenvalue weighted by Crippen LogP contribution is -2.34. The first-order chi connectivity index (χ1) is 7.86. The monoisotopic (exact) mass is 235 g/mol. The van der Waals surface area contributed by atoms with Crippen LogP contribution in [0.25, 0.3) is 0 Å². The third-order valence-electron chi connectivity index (χ3n) is 3.13. The van der Waals surface area contributed by atoms with E-state index >= 15 is 0 Å². The molecule has 90 valence electrons. The molecule has 0 amide bonds. The Morgan fingerprint density at radius 3 is 2.59 bits per heavy atom. The van der Waals surface area contributed by atoms with E-state index < -0.39 is 10.9 Å². The molecule has 0 spiro atoms. The van der Waals surface area contributed by atoms with Gasteiger partial charge in [0, 0.05) is 17.0 Å². The third kappa shape index (κ3) is 1.67. The molecule has 2 rings (SSSR count). The van der Waals surface area contributed by atoms with E-state index in [0.717, 1.165) is 17.5 Å². The van der Waals surface area contributed by atoms with Gasteiger partial charge in [-0.05, 0) is 18.1 Å². The minimum Gasteiger partial charge on any atom is -0.465 e. The van der Waals surface area contributed by atoms with Crippen LogP contribution in [-0.4, -0.2) is 18.0 Å². The molecule has 0 aromatic heterocycles. The minimum absolute atomic E-state index is 0.0131. The highest BCUT2D eigenvalue weighted by atomic mass is 16.6. The van der Waals surface area contributed by atoms with Crippen LogP contribution in [0.1, 0.15) is 35.3 Å². The van der Waals surface area contributed by atoms with Crippen molar-refractivity contribution in [2.24, 2.45) is 0 Å². The largest absolute Gasteiger partial charge is 0.465 e. The van der Waals surface area contributed by atoms with Crippen LogP contribution in [0, 0.1) is 10.1 Å². The number of hydrogen-bond acceptors (Lipinski definition) is 4. The number of rotatable bonds is 2. The van der Waals surface area contributed by atoms with Crippen LogP contribution in [0.2, 0.25) is 0 Å². The topological polar surface area (TPSA) is 69.4 Å². The summed E-state index contributed by atoms with van der Waals surface area (Å²) in [4.78, 5) is 22.0. The van der Waals surface area contributed by atoms with Crippen LogP contribution in [0.15, 0.2) is 12.1 Å². The molecule has 0 radical (unpaired) electrons. The van der Waals surface area contributed by atoms with Gasteiger partial charge in [-0.3, -0.25) is 10.1 Å². The molecular weight excluding hydrogens is 222 g/mol. The highest BCUT2D eigenvalue weighted by Crippen LogP contribution is 2.46. The first kappa shape index (κ1) is 11.6. The van der Waals surface area contributed by atoms with Gasteiger partial charge in [-0.1, -0.05) is 13.8 Å². The molecule has 1 aromatic carbocycles. The van der Waals surface area contributed by atoms with Crippen molar-refractivity contribution in [3.8, 4) is 0 Å². The lowest BCUT2D eigenvalue weighted by molar-refractivity contribution is -0.386. The fourth-order valence-electron chi connectivity index (χ4n) is 2.44. The zero-order valence-corrected chi connectivity index (χ0v) is 9.94. The zero-order chi connectivity index (χ0) is 12.8. The number of nitro benzene ring substituents is 1. The van der Waals surface area contributed by atoms with Crippen LogP contribution in [0.4, 0.5) is 5.69 Å². The summed E-state index contributed by atoms with van der Waals surface area (Å²) in [7, 11) is 1.26. The Labute approximate surface area is 98.5 Å². The number of methoxy groups -OCH3 is 1. The quantitative estimate of drug-likeness (QED) is 0.447. The number of esters is 1. The lowest BCUT2D eigenvalue weighted by atomic mass is 9.65. The fraction of sp³-hybridized carbons (Fsp3) is 0.417. The second-order valence-electron chi connectivity index (χ2n) is 4.84. The van der Waals surface area contributed by atoms with Crippen molar-refractivity contribution >= 4 is 11.7 Å². The second kappa shape index (κ2) is 3.55. The van der Waals surface area contributed by atoms with Crippen molar-refractivity contribution in [1.29, 1.82) is 0 Å². The molecule has 17 heavy (non-hydrogen) atoms. The highest BCUT2D eigenvalue weighted by Gasteiger charge is 2.41. The van der Waals surface area contributed by atoms with Gasteiger partial charge in [0.2, 0.25) is 0 Å². The highest BCUT2D eigenvalue weighted by molar-refractivity contribution is 5.91. The number of nitro groups is 1. The number of carbonyl (C=O) groups excluding carboxylic acids is 1. The molecule has 0 bridgehead atoms. The SMILES string of the molecule is COC(=O)c1cc2c(c([N+](=O)[O-])c1)C(C)(C)C2. The van der Waals surface area contributed by atoms with Gasteiger partial charge in [0.15, 0.2) is 0 Å². The average Bonchev–Trinajstić information content (AvgIpc) is 2.25. The number of fused-ring (bicyclic) bond motifs is 1. The molecule has 0 saturated heterocycles. The van der Waals surface area contributed by atoms with Gasteiger partial charge in [0.1, 0.15) is 0 Å². The first-order valence-corrected chi connectivity index (χ1v) is 5.27. The maximum atomic E-state index is 11.4. The summed E-state index contributed by atoms with van der Waals surface area (Å²) in [5, 5.41) is 11.0. The number of benzene rings is 1. The maximum Gasteiger partial charge on any atom is 0.338 e. The third-order valence-corrected chi connectivity index (χ3v) is 3.13. The molecular formula is C12H13NO4. The van der Waals surface area contributed by atoms with Gasteiger partial charge >= 0.3 is 5.97 Å². The molecule has 5 heteroatoms. The standard InChI is InChI=1S/C12H13NO4/c1-12(2)6-8-4-7(11(14)17-3)5-9(10(8)12)13(15)16/h4-5H,6H2,1-3H3. The molecule has 5 nitrogen and oxygen atoms in total. The summed E-state index contributed by atoms with van der Waals surface area (Å²) in [6.07, 6.45) is 0.744. The molecule has 0 saturated carbocycles. The zero-order valence-electron chi connectivity index (χ0n) is 9.94. The Hall–Kier alpha value is -1.91. The molecule has 0 aliphatic heterocycles. The van der Waals surface area contributed by atoms with Crippen LogP contribution in [0.3, 0.4) is 0 Å². The van der Waals surface area contributed by atoms with E-state index in [1.165, 1.54) is 13.2 Å². The summed E-state index contributed by atoms with van der Waals surface area (Å²) >= 11 is 0. The lowest BCUT2D eigenvalue weighted by Gasteiger charge is -2.37. The molecule has 0 fully saturated rings. The molecule has 0 heterocycles. The average molecular weight is 235 g/mol. The van der Waals surface area contributed by atoms with E-state index in [2.05, 4.69) is 4.74 Å². The Morgan fingerprint density at radius 2 is 2.12 bits per heavy atom. The predicted molar refractivity (Wildman–Crippen MR) is 61.2 cm³/mol. The molecule has 0 atom stereocenters. The molecule has 0 N–H and O–H groups in total. The summed E-state index contributed by atoms with van der Waals surface area (Å²) < 4.78 is 4.58. The van der Waals surface area contributed by atoms with Crippen molar-refractivity contribution in [3.63, 3.8) is 0 Å². The van der Waals surface area contributed by atoms with E-state index in [1.54, 1.807) is 6.07 Å². The second-order valence-corrected chi connectivity index (χ2v) is 4.84. The van der Waals surface area contributed by atoms with E-state index in [0.29, 0.717) is 0 Å². The van der Waals surface area contributed by atoms with Crippen LogP contribution >= 0.6 is 0 Å². The minimum atomic E-state index is -0.541. The summed E-state index contributed by atoms with van der Waals surface area (Å²) in [5.74, 6) is -0.541. The summed E-state index contributed by atoms with van der Waals surface area (Å²) in [6, 6.07) is 2.98. The van der Waals surface area contributed by atoms with Crippen molar-refractivity contribution in [2.75, 3.05) is 7.11 Å². The van der Waals surface area contributed by atoms with E-state index in [4.69, 9.17) is 0 Å². The van der Waals surface area contributed by atoms with Crippen LogP contribution in [0.5, 0.6) is 0 Å². The van der Waals surface area contributed by atoms with Gasteiger partial charge in [0.25, 0.3) is 5.69 Å². The fourth-order valence-corrected chi connectivity index (χ4v) is 2.44. The first-order valence-electron chi connectivity index (χ1n) is 5.27. The Balaban J connectivity index is 2.60. The van der Waals surface area contributed by atoms with Gasteiger partial charge in [-0.15, -0.1) is 0 Å². The van der Waals surface area contributed by atoms with Crippen molar-refractivity contribution < 1.29 is 14.5 Å². The van der Waals surface area contributed by atoms with Gasteiger partial charge in [0.05, 0.1) is 17.6 Å². The number of hydrogen-bond donors (Lipinski definition) is 0. The van der Waals surface area contributed by atoms with E-state index in [9.17, 15) is 14.9 Å². The van der Waals surface area contributed by atoms with Gasteiger partial charge in [-0.2, -0.15) is 0 Å². The summed E-state index contributed by atoms with van der Waals surface area (Å²) in [6.45, 7) is 3.92. The van der Waals surface area contributed by atoms with Gasteiger partial charge in [-0.25, -0.2) is 4.79 Å². The van der Waals surface area contributed by atoms with Crippen LogP contribution in [-0.2, 0) is 16.6 Å². The predicted octanol–water partition coefficient (Wildman–Crippen LogP) is 2.22. The van der Waals surface area contributed by atoms with Crippen molar-refractivity contribution in [3.05, 3.63) is 38.9 Å². The van der Waals surface area contributed by atoms with Crippen molar-refractivity contribution in [2.45, 2.75) is 25.7 Å². The molecule has 1 aliphatic carbocycles. The smallest absolute Gasteiger partial charge is 0.338 e. The van der Waals surface area contributed by atoms with Crippen LogP contribution < -0.4 is 0 Å². The molecule has 0 unspecified atom stereocenters. The molecule has 1 aromatic rings. The molecule has 1 aliphatic rings. The number of carbonyl (C=O) groups is 1. The maximum absolute atomic E-state index is 11.4. The van der Waals surface area contributed by atoms with Gasteiger partial charge < -0.3 is 4.74 Å². The Morgan fingerprint density at radius 1 is 1.47 bits per heavy atom. The van der Waals surface area contributed by atoms with E-state index in [1.807, 2.05) is 13.8 Å². The normalized spacial score (nSPS) is 15.7. The van der Waals surface area contributed by atoms with Crippen molar-refractivity contribution in [1.82, 2.24) is 0 Å². The Kier molecular flexibility index (Phi) is 2.41. The Bertz CT molecular complexity index is 519. The number of ether oxygens (including phenoxy) is 1. The van der Waals surface area contributed by atoms with E-state index in [-0.39, 0.29) is 16.7 Å². The summed E-state index contributed by atoms with van der Waals surface area (Å²) in [5.41, 5.74) is 1.67.